The average molecular weight is 267 g/mol. The summed E-state index contributed by atoms with van der Waals surface area (Å²) in [6.07, 6.45) is 5.72. The summed E-state index contributed by atoms with van der Waals surface area (Å²) in [7, 11) is 0. The Labute approximate surface area is 111 Å². The molecule has 2 rings (SSSR count). The van der Waals surface area contributed by atoms with Crippen molar-refractivity contribution in [2.24, 2.45) is 0 Å². The molecule has 1 aromatic rings. The van der Waals surface area contributed by atoms with E-state index in [-0.39, 0.29) is 5.69 Å². The molecule has 1 aliphatic rings. The summed E-state index contributed by atoms with van der Waals surface area (Å²) >= 11 is 1.87. The zero-order chi connectivity index (χ0) is 13.1. The molecule has 18 heavy (non-hydrogen) atoms. The molecule has 0 aromatic carbocycles. The third kappa shape index (κ3) is 2.75. The molecule has 1 aromatic heterocycles. The van der Waals surface area contributed by atoms with Crippen LogP contribution in [0.5, 0.6) is 0 Å². The highest BCUT2D eigenvalue weighted by Gasteiger charge is 2.26. The van der Waals surface area contributed by atoms with Gasteiger partial charge in [0.25, 0.3) is 5.69 Å². The number of nitro groups is 1. The van der Waals surface area contributed by atoms with E-state index in [1.54, 1.807) is 13.0 Å². The van der Waals surface area contributed by atoms with Crippen molar-refractivity contribution in [2.75, 3.05) is 11.6 Å². The quantitative estimate of drug-likeness (QED) is 0.671. The number of anilines is 1. The SMILES string of the molecule is CSC1CCCC1Nc1ccc([N+](=O)[O-])c(C)n1. The van der Waals surface area contributed by atoms with Crippen molar-refractivity contribution < 1.29 is 4.92 Å². The van der Waals surface area contributed by atoms with Crippen molar-refractivity contribution in [3.05, 3.63) is 27.9 Å². The molecule has 5 nitrogen and oxygen atoms in total. The van der Waals surface area contributed by atoms with E-state index in [2.05, 4.69) is 16.6 Å². The lowest BCUT2D eigenvalue weighted by molar-refractivity contribution is -0.385. The molecule has 2 unspecified atom stereocenters. The molecule has 0 spiro atoms. The summed E-state index contributed by atoms with van der Waals surface area (Å²) in [6.45, 7) is 1.67. The summed E-state index contributed by atoms with van der Waals surface area (Å²) in [4.78, 5) is 14.6. The molecule has 0 saturated heterocycles. The molecule has 2 atom stereocenters. The van der Waals surface area contributed by atoms with Gasteiger partial charge < -0.3 is 5.32 Å². The van der Waals surface area contributed by atoms with Crippen LogP contribution in [0.15, 0.2) is 12.1 Å². The molecule has 0 amide bonds. The average Bonchev–Trinajstić information content (AvgIpc) is 2.76. The van der Waals surface area contributed by atoms with Gasteiger partial charge in [0.15, 0.2) is 0 Å². The van der Waals surface area contributed by atoms with Crippen LogP contribution in [0.1, 0.15) is 25.0 Å². The van der Waals surface area contributed by atoms with Crippen LogP contribution in [0, 0.1) is 17.0 Å². The Bertz CT molecular complexity index is 453. The molecular formula is C12H17N3O2S. The van der Waals surface area contributed by atoms with Crippen LogP contribution < -0.4 is 5.32 Å². The first-order valence-corrected chi connectivity index (χ1v) is 7.32. The lowest BCUT2D eigenvalue weighted by Gasteiger charge is -2.19. The van der Waals surface area contributed by atoms with Gasteiger partial charge in [0, 0.05) is 17.4 Å². The molecule has 0 radical (unpaired) electrons. The topological polar surface area (TPSA) is 68.1 Å². The van der Waals surface area contributed by atoms with E-state index in [1.807, 2.05) is 11.8 Å². The molecule has 0 aliphatic heterocycles. The van der Waals surface area contributed by atoms with Crippen molar-refractivity contribution in [3.8, 4) is 0 Å². The van der Waals surface area contributed by atoms with Crippen LogP contribution in [0.25, 0.3) is 0 Å². The van der Waals surface area contributed by atoms with Crippen LogP contribution in [-0.4, -0.2) is 27.5 Å². The smallest absolute Gasteiger partial charge is 0.290 e. The second kappa shape index (κ2) is 5.56. The second-order valence-electron chi connectivity index (χ2n) is 4.51. The monoisotopic (exact) mass is 267 g/mol. The van der Waals surface area contributed by atoms with E-state index >= 15 is 0 Å². The fraction of sp³-hybridized carbons (Fsp3) is 0.583. The maximum Gasteiger partial charge on any atom is 0.290 e. The number of aromatic nitrogens is 1. The third-order valence-corrected chi connectivity index (χ3v) is 4.51. The van der Waals surface area contributed by atoms with Crippen molar-refractivity contribution in [3.63, 3.8) is 0 Å². The predicted molar refractivity (Wildman–Crippen MR) is 74.2 cm³/mol. The van der Waals surface area contributed by atoms with Crippen LogP contribution in [0.2, 0.25) is 0 Å². The minimum Gasteiger partial charge on any atom is -0.366 e. The first-order valence-electron chi connectivity index (χ1n) is 6.03. The number of hydrogen-bond acceptors (Lipinski definition) is 5. The first-order chi connectivity index (χ1) is 8.61. The number of rotatable bonds is 4. The summed E-state index contributed by atoms with van der Waals surface area (Å²) in [5.74, 6) is 0.740. The van der Waals surface area contributed by atoms with Crippen LogP contribution >= 0.6 is 11.8 Å². The fourth-order valence-corrected chi connectivity index (χ4v) is 3.33. The highest BCUT2D eigenvalue weighted by atomic mass is 32.2. The fourth-order valence-electron chi connectivity index (χ4n) is 2.39. The Hall–Kier alpha value is -1.30. The number of nitrogens with one attached hydrogen (secondary N) is 1. The van der Waals surface area contributed by atoms with Gasteiger partial charge in [-0.1, -0.05) is 6.42 Å². The molecular weight excluding hydrogens is 250 g/mol. The molecule has 98 valence electrons. The Morgan fingerprint density at radius 1 is 1.50 bits per heavy atom. The molecule has 0 bridgehead atoms. The van der Waals surface area contributed by atoms with E-state index in [4.69, 9.17) is 0 Å². The molecule has 1 heterocycles. The van der Waals surface area contributed by atoms with Gasteiger partial charge in [0.05, 0.1) is 4.92 Å². The minimum absolute atomic E-state index is 0.0772. The summed E-state index contributed by atoms with van der Waals surface area (Å²) in [6, 6.07) is 3.64. The van der Waals surface area contributed by atoms with Gasteiger partial charge in [0.2, 0.25) is 0 Å². The summed E-state index contributed by atoms with van der Waals surface area (Å²) < 4.78 is 0. The predicted octanol–water partition coefficient (Wildman–Crippen LogP) is 2.99. The standard InChI is InChI=1S/C12H17N3O2S/c1-8-10(15(16)17)6-7-12(13-8)14-9-4-3-5-11(9)18-2/h6-7,9,11H,3-5H2,1-2H3,(H,13,14). The normalized spacial score (nSPS) is 23.0. The van der Waals surface area contributed by atoms with E-state index in [9.17, 15) is 10.1 Å². The number of thioether (sulfide) groups is 1. The van der Waals surface area contributed by atoms with E-state index in [0.29, 0.717) is 17.0 Å². The molecule has 1 saturated carbocycles. The molecule has 1 aliphatic carbocycles. The largest absolute Gasteiger partial charge is 0.366 e. The number of pyridine rings is 1. The summed E-state index contributed by atoms with van der Waals surface area (Å²) in [5, 5.41) is 14.7. The zero-order valence-corrected chi connectivity index (χ0v) is 11.4. The van der Waals surface area contributed by atoms with E-state index in [1.165, 1.54) is 18.9 Å². The van der Waals surface area contributed by atoms with Crippen LogP contribution in [0.3, 0.4) is 0 Å². The van der Waals surface area contributed by atoms with Gasteiger partial charge in [-0.25, -0.2) is 4.98 Å². The Kier molecular flexibility index (Phi) is 4.06. The van der Waals surface area contributed by atoms with E-state index < -0.39 is 4.92 Å². The van der Waals surface area contributed by atoms with Crippen molar-refractivity contribution in [1.29, 1.82) is 0 Å². The van der Waals surface area contributed by atoms with E-state index in [0.717, 1.165) is 12.2 Å². The molecule has 6 heteroatoms. The van der Waals surface area contributed by atoms with Gasteiger partial charge in [-0.2, -0.15) is 11.8 Å². The highest BCUT2D eigenvalue weighted by molar-refractivity contribution is 7.99. The number of hydrogen-bond donors (Lipinski definition) is 1. The van der Waals surface area contributed by atoms with Gasteiger partial charge in [-0.15, -0.1) is 0 Å². The maximum atomic E-state index is 10.7. The van der Waals surface area contributed by atoms with Gasteiger partial charge in [-0.05, 0) is 32.1 Å². The van der Waals surface area contributed by atoms with Crippen molar-refractivity contribution in [1.82, 2.24) is 4.98 Å². The van der Waals surface area contributed by atoms with Crippen molar-refractivity contribution in [2.45, 2.75) is 37.5 Å². The van der Waals surface area contributed by atoms with Crippen LogP contribution in [-0.2, 0) is 0 Å². The van der Waals surface area contributed by atoms with Gasteiger partial charge >= 0.3 is 0 Å². The van der Waals surface area contributed by atoms with Gasteiger partial charge in [0.1, 0.15) is 11.5 Å². The maximum absolute atomic E-state index is 10.7. The molecule has 1 N–H and O–H groups in total. The lowest BCUT2D eigenvalue weighted by Crippen LogP contribution is -2.26. The highest BCUT2D eigenvalue weighted by Crippen LogP contribution is 2.30. The Morgan fingerprint density at radius 2 is 2.28 bits per heavy atom. The Balaban J connectivity index is 2.10. The zero-order valence-electron chi connectivity index (χ0n) is 10.5. The van der Waals surface area contributed by atoms with Gasteiger partial charge in [-0.3, -0.25) is 10.1 Å². The van der Waals surface area contributed by atoms with Crippen LogP contribution in [0.4, 0.5) is 11.5 Å². The molecule has 1 fully saturated rings. The first kappa shape index (κ1) is 13.1. The number of aryl methyl sites for hydroxylation is 1. The number of nitrogens with zero attached hydrogens (tertiary/aromatic N) is 2. The van der Waals surface area contributed by atoms with Crippen molar-refractivity contribution >= 4 is 23.3 Å². The summed E-state index contributed by atoms with van der Waals surface area (Å²) in [5.41, 5.74) is 0.539. The second-order valence-corrected chi connectivity index (χ2v) is 5.59. The Morgan fingerprint density at radius 3 is 2.89 bits per heavy atom. The minimum atomic E-state index is -0.396. The lowest BCUT2D eigenvalue weighted by atomic mass is 10.2. The third-order valence-electron chi connectivity index (χ3n) is 3.34.